The summed E-state index contributed by atoms with van der Waals surface area (Å²) < 4.78 is 9.14. The Hall–Kier alpha value is -1.52. The first-order valence-electron chi connectivity index (χ1n) is 3.63. The molecular formula is C7H7NO4. The Morgan fingerprint density at radius 3 is 3.08 bits per heavy atom. The largest absolute Gasteiger partial charge is 0.512 e. The zero-order chi connectivity index (χ0) is 8.55. The molecule has 1 aromatic rings. The second-order valence-corrected chi connectivity index (χ2v) is 2.71. The number of carbonyl (C=O) groups is 1. The van der Waals surface area contributed by atoms with E-state index in [1.165, 1.54) is 6.07 Å². The van der Waals surface area contributed by atoms with Crippen molar-refractivity contribution in [1.82, 2.24) is 5.16 Å². The van der Waals surface area contributed by atoms with E-state index in [9.17, 15) is 4.79 Å². The topological polar surface area (TPSA) is 72.6 Å². The summed E-state index contributed by atoms with van der Waals surface area (Å²) >= 11 is 0. The minimum Gasteiger partial charge on any atom is -0.449 e. The SMILES string of the molecule is O=C(O)Oc1cc(C2CC2)on1. The first-order chi connectivity index (χ1) is 5.75. The normalized spacial score (nSPS) is 16.0. The van der Waals surface area contributed by atoms with E-state index in [4.69, 9.17) is 9.63 Å². The van der Waals surface area contributed by atoms with E-state index in [1.807, 2.05) is 0 Å². The van der Waals surface area contributed by atoms with Crippen molar-refractivity contribution in [3.05, 3.63) is 11.8 Å². The van der Waals surface area contributed by atoms with Crippen LogP contribution in [0.15, 0.2) is 10.6 Å². The van der Waals surface area contributed by atoms with Crippen LogP contribution in [0.1, 0.15) is 24.5 Å². The van der Waals surface area contributed by atoms with Crippen LogP contribution in [-0.2, 0) is 0 Å². The molecule has 1 saturated carbocycles. The van der Waals surface area contributed by atoms with Crippen LogP contribution in [0.3, 0.4) is 0 Å². The summed E-state index contributed by atoms with van der Waals surface area (Å²) in [4.78, 5) is 10.1. The Kier molecular flexibility index (Phi) is 1.49. The van der Waals surface area contributed by atoms with Gasteiger partial charge in [0.1, 0.15) is 5.76 Å². The summed E-state index contributed by atoms with van der Waals surface area (Å²) in [6.45, 7) is 0. The lowest BCUT2D eigenvalue weighted by molar-refractivity contribution is 0.140. The Bertz CT molecular complexity index is 302. The number of nitrogens with zero attached hydrogens (tertiary/aromatic N) is 1. The Morgan fingerprint density at radius 2 is 2.50 bits per heavy atom. The minimum atomic E-state index is -1.37. The van der Waals surface area contributed by atoms with E-state index in [0.29, 0.717) is 11.7 Å². The molecule has 1 aliphatic carbocycles. The van der Waals surface area contributed by atoms with Gasteiger partial charge in [-0.3, -0.25) is 0 Å². The molecule has 5 heteroatoms. The molecular weight excluding hydrogens is 162 g/mol. The summed E-state index contributed by atoms with van der Waals surface area (Å²) in [5, 5.41) is 11.7. The van der Waals surface area contributed by atoms with Crippen molar-refractivity contribution in [2.45, 2.75) is 18.8 Å². The van der Waals surface area contributed by atoms with Crippen LogP contribution >= 0.6 is 0 Å². The summed E-state index contributed by atoms with van der Waals surface area (Å²) in [5.74, 6) is 1.15. The lowest BCUT2D eigenvalue weighted by Crippen LogP contribution is -2.02. The Balaban J connectivity index is 2.07. The van der Waals surface area contributed by atoms with Gasteiger partial charge < -0.3 is 14.4 Å². The van der Waals surface area contributed by atoms with Crippen molar-refractivity contribution in [1.29, 1.82) is 0 Å². The molecule has 5 nitrogen and oxygen atoms in total. The van der Waals surface area contributed by atoms with Gasteiger partial charge >= 0.3 is 6.16 Å². The monoisotopic (exact) mass is 169 g/mol. The zero-order valence-corrected chi connectivity index (χ0v) is 6.19. The number of carboxylic acid groups (broad SMARTS) is 1. The fourth-order valence-electron chi connectivity index (χ4n) is 0.970. The summed E-state index contributed by atoms with van der Waals surface area (Å²) in [6.07, 6.45) is 0.800. The van der Waals surface area contributed by atoms with Crippen molar-refractivity contribution in [2.75, 3.05) is 0 Å². The highest BCUT2D eigenvalue weighted by Crippen LogP contribution is 2.40. The molecule has 0 aliphatic heterocycles. The van der Waals surface area contributed by atoms with E-state index in [1.54, 1.807) is 0 Å². The predicted octanol–water partition coefficient (Wildman–Crippen LogP) is 1.61. The minimum absolute atomic E-state index is 0.0180. The van der Waals surface area contributed by atoms with Gasteiger partial charge in [-0.2, -0.15) is 0 Å². The molecule has 0 saturated heterocycles. The van der Waals surface area contributed by atoms with Gasteiger partial charge in [-0.05, 0) is 18.0 Å². The van der Waals surface area contributed by atoms with E-state index in [-0.39, 0.29) is 5.88 Å². The third kappa shape index (κ3) is 1.39. The maximum absolute atomic E-state index is 10.1. The molecule has 0 amide bonds. The third-order valence-electron chi connectivity index (χ3n) is 1.68. The quantitative estimate of drug-likeness (QED) is 0.681. The average molecular weight is 169 g/mol. The first kappa shape index (κ1) is 7.15. The average Bonchev–Trinajstić information content (AvgIpc) is 2.73. The molecule has 2 rings (SSSR count). The van der Waals surface area contributed by atoms with E-state index in [2.05, 4.69) is 9.89 Å². The molecule has 0 aromatic carbocycles. The van der Waals surface area contributed by atoms with Gasteiger partial charge in [0.05, 0.1) is 0 Å². The molecule has 0 atom stereocenters. The number of ether oxygens (including phenoxy) is 1. The molecule has 1 aliphatic rings. The fourth-order valence-corrected chi connectivity index (χ4v) is 0.970. The molecule has 1 heterocycles. The molecule has 0 radical (unpaired) electrons. The second-order valence-electron chi connectivity index (χ2n) is 2.71. The van der Waals surface area contributed by atoms with E-state index < -0.39 is 6.16 Å². The number of hydrogen-bond donors (Lipinski definition) is 1. The first-order valence-corrected chi connectivity index (χ1v) is 3.63. The van der Waals surface area contributed by atoms with Gasteiger partial charge in [-0.25, -0.2) is 4.79 Å². The number of aromatic nitrogens is 1. The van der Waals surface area contributed by atoms with Crippen LogP contribution in [0, 0.1) is 0 Å². The molecule has 0 spiro atoms. The highest BCUT2D eigenvalue weighted by Gasteiger charge is 2.28. The van der Waals surface area contributed by atoms with Gasteiger partial charge in [0.2, 0.25) is 0 Å². The Labute approximate surface area is 67.9 Å². The van der Waals surface area contributed by atoms with Crippen LogP contribution in [0.4, 0.5) is 4.79 Å². The predicted molar refractivity (Wildman–Crippen MR) is 37.1 cm³/mol. The highest BCUT2D eigenvalue weighted by molar-refractivity contribution is 5.60. The zero-order valence-electron chi connectivity index (χ0n) is 6.19. The van der Waals surface area contributed by atoms with Crippen molar-refractivity contribution >= 4 is 6.16 Å². The molecule has 0 unspecified atom stereocenters. The van der Waals surface area contributed by atoms with Crippen LogP contribution in [0.5, 0.6) is 5.88 Å². The lowest BCUT2D eigenvalue weighted by Gasteiger charge is -1.87. The number of rotatable bonds is 2. The third-order valence-corrected chi connectivity index (χ3v) is 1.68. The van der Waals surface area contributed by atoms with Crippen molar-refractivity contribution in [3.63, 3.8) is 0 Å². The molecule has 1 fully saturated rings. The summed E-state index contributed by atoms with van der Waals surface area (Å²) in [7, 11) is 0. The fraction of sp³-hybridized carbons (Fsp3) is 0.429. The van der Waals surface area contributed by atoms with Crippen LogP contribution in [0.2, 0.25) is 0 Å². The maximum Gasteiger partial charge on any atom is 0.512 e. The van der Waals surface area contributed by atoms with Gasteiger partial charge in [-0.1, -0.05) is 0 Å². The van der Waals surface area contributed by atoms with Crippen molar-refractivity contribution < 1.29 is 19.2 Å². The number of hydrogen-bond acceptors (Lipinski definition) is 4. The van der Waals surface area contributed by atoms with Crippen molar-refractivity contribution in [2.24, 2.45) is 0 Å². The highest BCUT2D eigenvalue weighted by atomic mass is 16.7. The van der Waals surface area contributed by atoms with Gasteiger partial charge in [0, 0.05) is 12.0 Å². The van der Waals surface area contributed by atoms with E-state index in [0.717, 1.165) is 12.8 Å². The second kappa shape index (κ2) is 2.51. The van der Waals surface area contributed by atoms with Crippen molar-refractivity contribution in [3.8, 4) is 5.88 Å². The lowest BCUT2D eigenvalue weighted by atomic mass is 10.3. The smallest absolute Gasteiger partial charge is 0.449 e. The molecule has 64 valence electrons. The molecule has 1 N–H and O–H groups in total. The summed E-state index contributed by atoms with van der Waals surface area (Å²) in [5.41, 5.74) is 0. The van der Waals surface area contributed by atoms with Gasteiger partial charge in [0.25, 0.3) is 5.88 Å². The summed E-state index contributed by atoms with van der Waals surface area (Å²) in [6, 6.07) is 1.52. The Morgan fingerprint density at radius 1 is 1.75 bits per heavy atom. The molecule has 0 bridgehead atoms. The maximum atomic E-state index is 10.1. The standard InChI is InChI=1S/C7H7NO4/c9-7(10)11-6-3-5(12-8-6)4-1-2-4/h3-4H,1-2H2,(H,9,10). The van der Waals surface area contributed by atoms with Gasteiger partial charge in [-0.15, -0.1) is 0 Å². The van der Waals surface area contributed by atoms with Gasteiger partial charge in [0.15, 0.2) is 0 Å². The molecule has 12 heavy (non-hydrogen) atoms. The van der Waals surface area contributed by atoms with Crippen LogP contribution < -0.4 is 4.74 Å². The van der Waals surface area contributed by atoms with E-state index >= 15 is 0 Å². The van der Waals surface area contributed by atoms with Crippen LogP contribution in [-0.4, -0.2) is 16.4 Å². The van der Waals surface area contributed by atoms with Crippen LogP contribution in [0.25, 0.3) is 0 Å². The molecule has 1 aromatic heterocycles.